The van der Waals surface area contributed by atoms with Crippen molar-refractivity contribution in [1.29, 1.82) is 0 Å². The number of anilines is 1. The lowest BCUT2D eigenvalue weighted by Gasteiger charge is -2.29. The quantitative estimate of drug-likeness (QED) is 0.645. The van der Waals surface area contributed by atoms with Crippen LogP contribution in [0.4, 0.5) is 11.5 Å². The lowest BCUT2D eigenvalue weighted by Crippen LogP contribution is -2.35. The topological polar surface area (TPSA) is 71.3 Å². The molecule has 2 heterocycles. The maximum atomic E-state index is 11.0. The second-order valence-corrected chi connectivity index (χ2v) is 6.06. The summed E-state index contributed by atoms with van der Waals surface area (Å²) in [5.74, 6) is 0.690. The first-order chi connectivity index (χ1) is 10.1. The molecule has 1 saturated heterocycles. The third-order valence-corrected chi connectivity index (χ3v) is 3.87. The minimum atomic E-state index is -0.462. The van der Waals surface area contributed by atoms with Crippen molar-refractivity contribution in [3.63, 3.8) is 0 Å². The number of nitrogens with zero attached hydrogens (tertiary/aromatic N) is 3. The van der Waals surface area contributed by atoms with E-state index in [1.54, 1.807) is 0 Å². The van der Waals surface area contributed by atoms with Crippen LogP contribution >= 0.6 is 11.6 Å². The Morgan fingerprint density at radius 3 is 2.86 bits per heavy atom. The van der Waals surface area contributed by atoms with Gasteiger partial charge in [0.2, 0.25) is 5.82 Å². The molecule has 0 amide bonds. The fourth-order valence-corrected chi connectivity index (χ4v) is 2.77. The first-order valence-electron chi connectivity index (χ1n) is 7.32. The number of nitrogens with one attached hydrogen (secondary N) is 1. The molecule has 1 aromatic rings. The number of rotatable bonds is 6. The summed E-state index contributed by atoms with van der Waals surface area (Å²) in [6, 6.07) is 1.33. The summed E-state index contributed by atoms with van der Waals surface area (Å²) in [5, 5.41) is 14.3. The molecule has 0 aliphatic carbocycles. The van der Waals surface area contributed by atoms with Crippen LogP contribution < -0.4 is 5.32 Å². The van der Waals surface area contributed by atoms with E-state index in [0.717, 1.165) is 19.6 Å². The third kappa shape index (κ3) is 4.82. The van der Waals surface area contributed by atoms with Crippen LogP contribution in [0.15, 0.2) is 12.3 Å². The van der Waals surface area contributed by atoms with Crippen molar-refractivity contribution in [3.05, 3.63) is 27.4 Å². The van der Waals surface area contributed by atoms with Gasteiger partial charge in [-0.25, -0.2) is 4.98 Å². The first-order valence-corrected chi connectivity index (χ1v) is 7.70. The minimum absolute atomic E-state index is 0.0762. The van der Waals surface area contributed by atoms with Gasteiger partial charge < -0.3 is 10.2 Å². The van der Waals surface area contributed by atoms with Crippen molar-refractivity contribution < 1.29 is 4.92 Å². The predicted octanol–water partition coefficient (Wildman–Crippen LogP) is 3.18. The fourth-order valence-electron chi connectivity index (χ4n) is 2.62. The number of likely N-dealkylation sites (tertiary alicyclic amines) is 1. The molecule has 1 unspecified atom stereocenters. The predicted molar refractivity (Wildman–Crippen MR) is 83.8 cm³/mol. The molecule has 116 valence electrons. The summed E-state index contributed by atoms with van der Waals surface area (Å²) in [4.78, 5) is 17.0. The highest BCUT2D eigenvalue weighted by Gasteiger charge is 2.18. The van der Waals surface area contributed by atoms with Gasteiger partial charge in [0.1, 0.15) is 0 Å². The number of piperidine rings is 1. The van der Waals surface area contributed by atoms with Crippen molar-refractivity contribution in [2.45, 2.75) is 26.2 Å². The summed E-state index contributed by atoms with van der Waals surface area (Å²) in [6.07, 6.45) is 5.28. The zero-order chi connectivity index (χ0) is 15.2. The standard InChI is InChI=1S/C14H21ClN4O2/c1-11(10-18-5-3-2-4-6-18)8-16-14-13(19(20)21)7-12(15)9-17-14/h7,9,11H,2-6,8,10H2,1H3,(H,16,17). The third-order valence-electron chi connectivity index (χ3n) is 3.67. The lowest BCUT2D eigenvalue weighted by molar-refractivity contribution is -0.384. The van der Waals surface area contributed by atoms with Crippen LogP contribution in [-0.4, -0.2) is 41.0 Å². The largest absolute Gasteiger partial charge is 0.364 e. The van der Waals surface area contributed by atoms with E-state index in [1.165, 1.54) is 31.5 Å². The average Bonchev–Trinajstić information content (AvgIpc) is 2.47. The summed E-state index contributed by atoms with van der Waals surface area (Å²) >= 11 is 5.75. The van der Waals surface area contributed by atoms with Crippen molar-refractivity contribution in [2.24, 2.45) is 5.92 Å². The van der Waals surface area contributed by atoms with Gasteiger partial charge in [0.25, 0.3) is 0 Å². The molecule has 1 aliphatic heterocycles. The second kappa shape index (κ2) is 7.56. The molecule has 1 atom stereocenters. The van der Waals surface area contributed by atoms with E-state index in [2.05, 4.69) is 22.1 Å². The Kier molecular flexibility index (Phi) is 5.76. The van der Waals surface area contributed by atoms with E-state index in [1.807, 2.05) is 0 Å². The maximum Gasteiger partial charge on any atom is 0.312 e. The number of aromatic nitrogens is 1. The molecule has 0 radical (unpaired) electrons. The number of halogens is 1. The summed E-state index contributed by atoms with van der Waals surface area (Å²) in [5.41, 5.74) is -0.0762. The van der Waals surface area contributed by atoms with Gasteiger partial charge in [-0.15, -0.1) is 0 Å². The Labute approximate surface area is 129 Å². The number of nitro groups is 1. The van der Waals surface area contributed by atoms with Crippen molar-refractivity contribution in [2.75, 3.05) is 31.5 Å². The summed E-state index contributed by atoms with van der Waals surface area (Å²) < 4.78 is 0. The van der Waals surface area contributed by atoms with E-state index >= 15 is 0 Å². The maximum absolute atomic E-state index is 11.0. The molecule has 0 spiro atoms. The molecule has 6 nitrogen and oxygen atoms in total. The Hall–Kier alpha value is -1.40. The molecule has 1 fully saturated rings. The van der Waals surface area contributed by atoms with Crippen molar-refractivity contribution in [1.82, 2.24) is 9.88 Å². The fraction of sp³-hybridized carbons (Fsp3) is 0.643. The Morgan fingerprint density at radius 2 is 2.19 bits per heavy atom. The molecule has 1 aromatic heterocycles. The van der Waals surface area contributed by atoms with E-state index in [0.29, 0.717) is 12.5 Å². The van der Waals surface area contributed by atoms with Gasteiger partial charge in [-0.2, -0.15) is 0 Å². The molecular formula is C14H21ClN4O2. The highest BCUT2D eigenvalue weighted by atomic mass is 35.5. The van der Waals surface area contributed by atoms with Crippen LogP contribution in [-0.2, 0) is 0 Å². The van der Waals surface area contributed by atoms with Gasteiger partial charge in [-0.05, 0) is 31.8 Å². The Balaban J connectivity index is 1.88. The van der Waals surface area contributed by atoms with Crippen LogP contribution in [0.25, 0.3) is 0 Å². The van der Waals surface area contributed by atoms with Crippen LogP contribution in [0.2, 0.25) is 5.02 Å². The van der Waals surface area contributed by atoms with Crippen LogP contribution in [0, 0.1) is 16.0 Å². The molecule has 0 saturated carbocycles. The molecular weight excluding hydrogens is 292 g/mol. The molecule has 1 aliphatic rings. The zero-order valence-corrected chi connectivity index (χ0v) is 13.0. The molecule has 0 bridgehead atoms. The minimum Gasteiger partial charge on any atom is -0.364 e. The van der Waals surface area contributed by atoms with Gasteiger partial charge >= 0.3 is 5.69 Å². The second-order valence-electron chi connectivity index (χ2n) is 5.63. The number of pyridine rings is 1. The first kappa shape index (κ1) is 16.0. The highest BCUT2D eigenvalue weighted by Crippen LogP contribution is 2.25. The van der Waals surface area contributed by atoms with Gasteiger partial charge in [0.05, 0.1) is 9.95 Å². The number of hydrogen-bond acceptors (Lipinski definition) is 5. The monoisotopic (exact) mass is 312 g/mol. The smallest absolute Gasteiger partial charge is 0.312 e. The van der Waals surface area contributed by atoms with Gasteiger partial charge in [0, 0.05) is 25.4 Å². The van der Waals surface area contributed by atoms with Gasteiger partial charge in [-0.1, -0.05) is 24.9 Å². The van der Waals surface area contributed by atoms with E-state index in [9.17, 15) is 10.1 Å². The normalized spacial score (nSPS) is 17.4. The Morgan fingerprint density at radius 1 is 1.48 bits per heavy atom. The van der Waals surface area contributed by atoms with Crippen molar-refractivity contribution in [3.8, 4) is 0 Å². The van der Waals surface area contributed by atoms with E-state index in [-0.39, 0.29) is 16.5 Å². The van der Waals surface area contributed by atoms with Gasteiger partial charge in [0.15, 0.2) is 0 Å². The Bertz CT molecular complexity index is 492. The zero-order valence-electron chi connectivity index (χ0n) is 12.2. The average molecular weight is 313 g/mol. The molecule has 21 heavy (non-hydrogen) atoms. The van der Waals surface area contributed by atoms with E-state index in [4.69, 9.17) is 11.6 Å². The molecule has 0 aromatic carbocycles. The van der Waals surface area contributed by atoms with Gasteiger partial charge in [-0.3, -0.25) is 10.1 Å². The van der Waals surface area contributed by atoms with Crippen LogP contribution in [0.5, 0.6) is 0 Å². The molecule has 2 rings (SSSR count). The molecule has 7 heteroatoms. The number of hydrogen-bond donors (Lipinski definition) is 1. The highest BCUT2D eigenvalue weighted by molar-refractivity contribution is 6.30. The lowest BCUT2D eigenvalue weighted by atomic mass is 10.1. The van der Waals surface area contributed by atoms with E-state index < -0.39 is 4.92 Å². The van der Waals surface area contributed by atoms with Crippen LogP contribution in [0.1, 0.15) is 26.2 Å². The van der Waals surface area contributed by atoms with Crippen LogP contribution in [0.3, 0.4) is 0 Å². The summed E-state index contributed by atoms with van der Waals surface area (Å²) in [6.45, 7) is 6.12. The van der Waals surface area contributed by atoms with Crippen molar-refractivity contribution >= 4 is 23.1 Å². The molecule has 1 N–H and O–H groups in total. The summed E-state index contributed by atoms with van der Waals surface area (Å²) in [7, 11) is 0. The SMILES string of the molecule is CC(CNc1ncc(Cl)cc1[N+](=O)[O-])CN1CCCCC1.